The first-order chi connectivity index (χ1) is 8.92. The van der Waals surface area contributed by atoms with Gasteiger partial charge in [0.15, 0.2) is 0 Å². The van der Waals surface area contributed by atoms with Crippen LogP contribution in [0.3, 0.4) is 0 Å². The number of aliphatic hydroxyl groups excluding tert-OH is 1. The van der Waals surface area contributed by atoms with E-state index in [1.807, 2.05) is 18.2 Å². The van der Waals surface area contributed by atoms with E-state index in [9.17, 15) is 0 Å². The van der Waals surface area contributed by atoms with Gasteiger partial charge in [-0.15, -0.1) is 0 Å². The molecule has 108 valence electrons. The van der Waals surface area contributed by atoms with Crippen LogP contribution in [0.15, 0.2) is 18.2 Å². The summed E-state index contributed by atoms with van der Waals surface area (Å²) in [5.74, 6) is 0.860. The van der Waals surface area contributed by atoms with E-state index in [-0.39, 0.29) is 12.1 Å². The molecule has 0 bridgehead atoms. The summed E-state index contributed by atoms with van der Waals surface area (Å²) in [5, 5.41) is 12.9. The fourth-order valence-electron chi connectivity index (χ4n) is 1.58. The van der Waals surface area contributed by atoms with Gasteiger partial charge in [0.1, 0.15) is 5.75 Å². The predicted octanol–water partition coefficient (Wildman–Crippen LogP) is 3.38. The Bertz CT molecular complexity index is 388. The average molecular weight is 286 g/mol. The highest BCUT2D eigenvalue weighted by atomic mass is 35.5. The lowest BCUT2D eigenvalue weighted by Crippen LogP contribution is -2.35. The fourth-order valence-corrected chi connectivity index (χ4v) is 1.78. The lowest BCUT2D eigenvalue weighted by atomic mass is 10.1. The van der Waals surface area contributed by atoms with Crippen molar-refractivity contribution in [1.29, 1.82) is 0 Å². The molecule has 0 saturated carbocycles. The van der Waals surface area contributed by atoms with Crippen molar-refractivity contribution in [2.24, 2.45) is 0 Å². The summed E-state index contributed by atoms with van der Waals surface area (Å²) in [6.07, 6.45) is 1.62. The van der Waals surface area contributed by atoms with Gasteiger partial charge in [0.05, 0.1) is 6.61 Å². The molecular weight excluding hydrogens is 262 g/mol. The minimum atomic E-state index is 0.0521. The van der Waals surface area contributed by atoms with Crippen LogP contribution in [-0.4, -0.2) is 23.9 Å². The molecule has 0 aliphatic carbocycles. The fraction of sp³-hybridized carbons (Fsp3) is 0.600. The number of halogens is 1. The smallest absolute Gasteiger partial charge is 0.123 e. The van der Waals surface area contributed by atoms with E-state index in [0.29, 0.717) is 11.6 Å². The minimum absolute atomic E-state index is 0.0521. The zero-order valence-electron chi connectivity index (χ0n) is 12.0. The summed E-state index contributed by atoms with van der Waals surface area (Å²) >= 11 is 6.03. The third-order valence-electron chi connectivity index (χ3n) is 2.64. The maximum absolute atomic E-state index is 8.75. The Morgan fingerprint density at radius 1 is 1.26 bits per heavy atom. The number of hydrogen-bond acceptors (Lipinski definition) is 3. The van der Waals surface area contributed by atoms with Crippen LogP contribution in [0.1, 0.15) is 39.2 Å². The quantitative estimate of drug-likeness (QED) is 0.755. The van der Waals surface area contributed by atoms with Crippen molar-refractivity contribution in [3.8, 4) is 5.75 Å². The van der Waals surface area contributed by atoms with E-state index in [1.54, 1.807) is 0 Å². The number of rotatable bonds is 7. The Kier molecular flexibility index (Phi) is 6.63. The molecule has 0 aliphatic heterocycles. The van der Waals surface area contributed by atoms with Gasteiger partial charge in [0.2, 0.25) is 0 Å². The van der Waals surface area contributed by atoms with Crippen LogP contribution in [0.25, 0.3) is 0 Å². The molecule has 0 heterocycles. The normalized spacial score (nSPS) is 11.6. The maximum Gasteiger partial charge on any atom is 0.123 e. The first kappa shape index (κ1) is 16.3. The standard InChI is InChI=1S/C15H24ClNO2/c1-15(2,3)17-11-12-10-13(16)6-7-14(12)19-9-5-4-8-18/h6-7,10,17-18H,4-5,8-9,11H2,1-3H3. The van der Waals surface area contributed by atoms with Crippen molar-refractivity contribution < 1.29 is 9.84 Å². The van der Waals surface area contributed by atoms with Crippen molar-refractivity contribution in [3.63, 3.8) is 0 Å². The number of ether oxygens (including phenoxy) is 1. The van der Waals surface area contributed by atoms with Crippen molar-refractivity contribution in [3.05, 3.63) is 28.8 Å². The number of benzene rings is 1. The lowest BCUT2D eigenvalue weighted by Gasteiger charge is -2.22. The van der Waals surface area contributed by atoms with Gasteiger partial charge in [-0.2, -0.15) is 0 Å². The zero-order valence-corrected chi connectivity index (χ0v) is 12.8. The van der Waals surface area contributed by atoms with Gasteiger partial charge in [0.25, 0.3) is 0 Å². The summed E-state index contributed by atoms with van der Waals surface area (Å²) in [4.78, 5) is 0. The van der Waals surface area contributed by atoms with E-state index >= 15 is 0 Å². The molecular formula is C15H24ClNO2. The van der Waals surface area contributed by atoms with E-state index < -0.39 is 0 Å². The van der Waals surface area contributed by atoms with E-state index in [1.165, 1.54) is 0 Å². The van der Waals surface area contributed by atoms with Gasteiger partial charge in [-0.1, -0.05) is 11.6 Å². The lowest BCUT2D eigenvalue weighted by molar-refractivity contribution is 0.251. The van der Waals surface area contributed by atoms with E-state index in [4.69, 9.17) is 21.4 Å². The molecule has 1 aromatic rings. The third kappa shape index (κ3) is 6.81. The van der Waals surface area contributed by atoms with Crippen LogP contribution < -0.4 is 10.1 Å². The highest BCUT2D eigenvalue weighted by molar-refractivity contribution is 6.30. The summed E-state index contributed by atoms with van der Waals surface area (Å²) in [7, 11) is 0. The van der Waals surface area contributed by atoms with Crippen molar-refractivity contribution >= 4 is 11.6 Å². The summed E-state index contributed by atoms with van der Waals surface area (Å²) in [6, 6.07) is 5.67. The molecule has 0 radical (unpaired) electrons. The Labute approximate surface area is 120 Å². The maximum atomic E-state index is 8.75. The van der Waals surface area contributed by atoms with Gasteiger partial charge in [-0.25, -0.2) is 0 Å². The molecule has 0 unspecified atom stereocenters. The van der Waals surface area contributed by atoms with Crippen molar-refractivity contribution in [2.45, 2.75) is 45.7 Å². The molecule has 0 spiro atoms. The number of nitrogens with one attached hydrogen (secondary N) is 1. The molecule has 0 amide bonds. The van der Waals surface area contributed by atoms with Gasteiger partial charge in [-0.3, -0.25) is 0 Å². The molecule has 3 nitrogen and oxygen atoms in total. The van der Waals surface area contributed by atoms with Gasteiger partial charge in [0, 0.05) is 29.3 Å². The molecule has 0 aromatic heterocycles. The van der Waals surface area contributed by atoms with E-state index in [0.717, 1.165) is 30.7 Å². The molecule has 0 fully saturated rings. The third-order valence-corrected chi connectivity index (χ3v) is 2.88. The Morgan fingerprint density at radius 3 is 2.63 bits per heavy atom. The van der Waals surface area contributed by atoms with Crippen molar-refractivity contribution in [2.75, 3.05) is 13.2 Å². The summed E-state index contributed by atoms with van der Waals surface area (Å²) in [6.45, 7) is 7.92. The SMILES string of the molecule is CC(C)(C)NCc1cc(Cl)ccc1OCCCCO. The second kappa shape index (κ2) is 7.73. The molecule has 1 aromatic carbocycles. The Hall–Kier alpha value is -0.770. The molecule has 4 heteroatoms. The molecule has 2 N–H and O–H groups in total. The largest absolute Gasteiger partial charge is 0.493 e. The van der Waals surface area contributed by atoms with Crippen LogP contribution in [0.4, 0.5) is 0 Å². The Morgan fingerprint density at radius 2 is 2.00 bits per heavy atom. The predicted molar refractivity (Wildman–Crippen MR) is 79.9 cm³/mol. The van der Waals surface area contributed by atoms with Crippen LogP contribution in [0, 0.1) is 0 Å². The molecule has 0 saturated heterocycles. The number of aliphatic hydroxyl groups is 1. The highest BCUT2D eigenvalue weighted by Gasteiger charge is 2.11. The molecule has 0 aliphatic rings. The van der Waals surface area contributed by atoms with Crippen LogP contribution in [0.5, 0.6) is 5.75 Å². The summed E-state index contributed by atoms with van der Waals surface area (Å²) in [5.41, 5.74) is 1.11. The monoisotopic (exact) mass is 285 g/mol. The second-order valence-corrected chi connectivity index (χ2v) is 6.07. The highest BCUT2D eigenvalue weighted by Crippen LogP contribution is 2.23. The number of hydrogen-bond donors (Lipinski definition) is 2. The Balaban J connectivity index is 2.63. The van der Waals surface area contributed by atoms with Crippen LogP contribution >= 0.6 is 11.6 Å². The summed E-state index contributed by atoms with van der Waals surface area (Å²) < 4.78 is 5.75. The first-order valence-corrected chi connectivity index (χ1v) is 7.07. The average Bonchev–Trinajstić information content (AvgIpc) is 2.33. The van der Waals surface area contributed by atoms with Crippen molar-refractivity contribution in [1.82, 2.24) is 5.32 Å². The number of unbranched alkanes of at least 4 members (excludes halogenated alkanes) is 1. The molecule has 1 rings (SSSR count). The second-order valence-electron chi connectivity index (χ2n) is 5.63. The van der Waals surface area contributed by atoms with Crippen LogP contribution in [0.2, 0.25) is 5.02 Å². The van der Waals surface area contributed by atoms with Crippen LogP contribution in [-0.2, 0) is 6.54 Å². The topological polar surface area (TPSA) is 41.5 Å². The van der Waals surface area contributed by atoms with Gasteiger partial charge < -0.3 is 15.2 Å². The van der Waals surface area contributed by atoms with E-state index in [2.05, 4.69) is 26.1 Å². The first-order valence-electron chi connectivity index (χ1n) is 6.69. The van der Waals surface area contributed by atoms with Gasteiger partial charge in [-0.05, 0) is 51.8 Å². The minimum Gasteiger partial charge on any atom is -0.493 e. The molecule has 0 atom stereocenters. The zero-order chi connectivity index (χ0) is 14.3. The van der Waals surface area contributed by atoms with Gasteiger partial charge >= 0.3 is 0 Å². The molecule has 19 heavy (non-hydrogen) atoms.